The first-order valence-electron chi connectivity index (χ1n) is 6.37. The van der Waals surface area contributed by atoms with Crippen molar-refractivity contribution in [1.29, 1.82) is 0 Å². The van der Waals surface area contributed by atoms with Crippen LogP contribution in [0.4, 0.5) is 0 Å². The molecule has 0 aromatic heterocycles. The molecule has 4 saturated carbocycles. The van der Waals surface area contributed by atoms with Crippen LogP contribution in [0.15, 0.2) is 12.2 Å². The van der Waals surface area contributed by atoms with Crippen molar-refractivity contribution in [2.45, 2.75) is 50.8 Å². The van der Waals surface area contributed by atoms with Crippen molar-refractivity contribution in [2.24, 2.45) is 23.2 Å². The van der Waals surface area contributed by atoms with Crippen LogP contribution in [-0.2, 0) is 0 Å². The zero-order valence-electron chi connectivity index (χ0n) is 9.64. The van der Waals surface area contributed by atoms with Crippen LogP contribution in [0.5, 0.6) is 0 Å². The Morgan fingerprint density at radius 2 is 1.87 bits per heavy atom. The minimum absolute atomic E-state index is 0.446. The Hall–Kier alpha value is 0.0300. The number of rotatable bonds is 2. The molecule has 0 heterocycles. The van der Waals surface area contributed by atoms with Gasteiger partial charge in [-0.1, -0.05) is 5.57 Å². The molecule has 4 aliphatic rings. The van der Waals surface area contributed by atoms with Gasteiger partial charge in [-0.3, -0.25) is 0 Å². The fourth-order valence-corrected chi connectivity index (χ4v) is 5.45. The Balaban J connectivity index is 1.90. The zero-order chi connectivity index (χ0) is 10.6. The molecule has 5 atom stereocenters. The average molecular weight is 225 g/mol. The van der Waals surface area contributed by atoms with Crippen molar-refractivity contribution in [3.8, 4) is 0 Å². The first-order valence-corrected chi connectivity index (χ1v) is 6.81. The molecule has 0 aromatic carbocycles. The lowest BCUT2D eigenvalue weighted by molar-refractivity contribution is -0.0470. The second kappa shape index (κ2) is 3.26. The maximum absolute atomic E-state index is 6.73. The van der Waals surface area contributed by atoms with Crippen LogP contribution in [0, 0.1) is 23.2 Å². The molecule has 1 heteroatoms. The van der Waals surface area contributed by atoms with Crippen molar-refractivity contribution in [1.82, 2.24) is 0 Å². The predicted octanol–water partition coefficient (Wildman–Crippen LogP) is 4.39. The summed E-state index contributed by atoms with van der Waals surface area (Å²) >= 11 is 6.73. The normalized spacial score (nSPS) is 52.1. The van der Waals surface area contributed by atoms with Crippen LogP contribution in [0.2, 0.25) is 0 Å². The van der Waals surface area contributed by atoms with Crippen molar-refractivity contribution < 1.29 is 0 Å². The van der Waals surface area contributed by atoms with E-state index < -0.39 is 0 Å². The van der Waals surface area contributed by atoms with Gasteiger partial charge in [0.05, 0.1) is 0 Å². The van der Waals surface area contributed by atoms with E-state index in [0.29, 0.717) is 10.8 Å². The summed E-state index contributed by atoms with van der Waals surface area (Å²) in [5.41, 5.74) is 1.78. The van der Waals surface area contributed by atoms with Crippen LogP contribution in [0.25, 0.3) is 0 Å². The standard InChI is InChI=1S/C14H21Cl/c1-9(2)6-14-7-10-3-11(8-14)5-12(4-10)13(14)15/h10-13H,1,3-8H2,2H3/t10-,11+,12?,13?,14?. The summed E-state index contributed by atoms with van der Waals surface area (Å²) in [6, 6.07) is 0. The fraction of sp³-hybridized carbons (Fsp3) is 0.857. The van der Waals surface area contributed by atoms with Gasteiger partial charge in [0, 0.05) is 5.38 Å². The molecule has 0 amide bonds. The first kappa shape index (κ1) is 10.2. The fourth-order valence-electron chi connectivity index (χ4n) is 4.99. The number of hydrogen-bond donors (Lipinski definition) is 0. The average Bonchev–Trinajstić information content (AvgIpc) is 2.11. The summed E-state index contributed by atoms with van der Waals surface area (Å²) in [4.78, 5) is 0. The van der Waals surface area contributed by atoms with Gasteiger partial charge in [0.25, 0.3) is 0 Å². The summed E-state index contributed by atoms with van der Waals surface area (Å²) in [6.07, 6.45) is 8.30. The van der Waals surface area contributed by atoms with E-state index in [-0.39, 0.29) is 0 Å². The van der Waals surface area contributed by atoms with E-state index in [1.54, 1.807) is 0 Å². The molecule has 0 spiro atoms. The Bertz CT molecular complexity index is 280. The molecular formula is C14H21Cl. The highest BCUT2D eigenvalue weighted by atomic mass is 35.5. The van der Waals surface area contributed by atoms with Crippen molar-refractivity contribution >= 4 is 11.6 Å². The number of alkyl halides is 1. The molecule has 0 aromatic rings. The molecule has 4 rings (SSSR count). The first-order chi connectivity index (χ1) is 7.09. The molecule has 15 heavy (non-hydrogen) atoms. The van der Waals surface area contributed by atoms with Gasteiger partial charge in [0.1, 0.15) is 0 Å². The van der Waals surface area contributed by atoms with Crippen LogP contribution < -0.4 is 0 Å². The summed E-state index contributed by atoms with van der Waals surface area (Å²) in [6.45, 7) is 6.28. The number of allylic oxidation sites excluding steroid dienone is 1. The zero-order valence-corrected chi connectivity index (χ0v) is 10.4. The quantitative estimate of drug-likeness (QED) is 0.482. The Labute approximate surface area is 98.1 Å². The van der Waals surface area contributed by atoms with Gasteiger partial charge < -0.3 is 0 Å². The lowest BCUT2D eigenvalue weighted by Gasteiger charge is -2.59. The second-order valence-corrected chi connectivity index (χ2v) is 6.98. The van der Waals surface area contributed by atoms with Gasteiger partial charge in [-0.25, -0.2) is 0 Å². The van der Waals surface area contributed by atoms with Crippen molar-refractivity contribution in [2.75, 3.05) is 0 Å². The van der Waals surface area contributed by atoms with E-state index in [1.165, 1.54) is 44.1 Å². The molecular weight excluding hydrogens is 204 g/mol. The Kier molecular flexibility index (Phi) is 2.22. The summed E-state index contributed by atoms with van der Waals surface area (Å²) in [5, 5.41) is 0.446. The monoisotopic (exact) mass is 224 g/mol. The van der Waals surface area contributed by atoms with E-state index >= 15 is 0 Å². The Morgan fingerprint density at radius 3 is 2.40 bits per heavy atom. The van der Waals surface area contributed by atoms with Gasteiger partial charge in [-0.15, -0.1) is 18.2 Å². The molecule has 4 fully saturated rings. The summed E-state index contributed by atoms with van der Waals surface area (Å²) in [7, 11) is 0. The third-order valence-corrected chi connectivity index (χ3v) is 5.80. The SMILES string of the molecule is C=C(C)CC12C[C@@H]3CC(C[C@@H](C3)C1)C2Cl. The van der Waals surface area contributed by atoms with Crippen molar-refractivity contribution in [3.63, 3.8) is 0 Å². The van der Waals surface area contributed by atoms with E-state index in [4.69, 9.17) is 11.6 Å². The number of halogens is 1. The molecule has 0 nitrogen and oxygen atoms in total. The molecule has 4 aliphatic carbocycles. The molecule has 0 aliphatic heterocycles. The summed E-state index contributed by atoms with van der Waals surface area (Å²) < 4.78 is 0. The van der Waals surface area contributed by atoms with E-state index in [2.05, 4.69) is 13.5 Å². The second-order valence-electron chi connectivity index (χ2n) is 6.51. The summed E-state index contributed by atoms with van der Waals surface area (Å²) in [5.74, 6) is 2.82. The van der Waals surface area contributed by atoms with Gasteiger partial charge in [-0.2, -0.15) is 0 Å². The molecule has 3 unspecified atom stereocenters. The van der Waals surface area contributed by atoms with Crippen LogP contribution in [0.3, 0.4) is 0 Å². The van der Waals surface area contributed by atoms with E-state index in [0.717, 1.165) is 17.8 Å². The number of hydrogen-bond acceptors (Lipinski definition) is 0. The van der Waals surface area contributed by atoms with Crippen LogP contribution >= 0.6 is 11.6 Å². The lowest BCUT2D eigenvalue weighted by atomic mass is 9.48. The van der Waals surface area contributed by atoms with Crippen molar-refractivity contribution in [3.05, 3.63) is 12.2 Å². The maximum Gasteiger partial charge on any atom is 0.0424 e. The topological polar surface area (TPSA) is 0 Å². The molecule has 0 N–H and O–H groups in total. The van der Waals surface area contributed by atoms with Crippen LogP contribution in [0.1, 0.15) is 45.4 Å². The minimum Gasteiger partial charge on any atom is -0.122 e. The van der Waals surface area contributed by atoms with E-state index in [9.17, 15) is 0 Å². The molecule has 84 valence electrons. The predicted molar refractivity (Wildman–Crippen MR) is 65.1 cm³/mol. The maximum atomic E-state index is 6.73. The van der Waals surface area contributed by atoms with Crippen LogP contribution in [-0.4, -0.2) is 5.38 Å². The third kappa shape index (κ3) is 1.48. The largest absolute Gasteiger partial charge is 0.122 e. The smallest absolute Gasteiger partial charge is 0.0424 e. The highest BCUT2D eigenvalue weighted by Gasteiger charge is 2.55. The van der Waals surface area contributed by atoms with Gasteiger partial charge >= 0.3 is 0 Å². The van der Waals surface area contributed by atoms with Gasteiger partial charge in [0.15, 0.2) is 0 Å². The van der Waals surface area contributed by atoms with Gasteiger partial charge in [-0.05, 0) is 68.6 Å². The highest BCUT2D eigenvalue weighted by molar-refractivity contribution is 6.21. The van der Waals surface area contributed by atoms with Gasteiger partial charge in [0.2, 0.25) is 0 Å². The third-order valence-electron chi connectivity index (χ3n) is 4.98. The highest BCUT2D eigenvalue weighted by Crippen LogP contribution is 2.63. The molecule has 0 saturated heterocycles. The Morgan fingerprint density at radius 1 is 1.27 bits per heavy atom. The molecule has 0 radical (unpaired) electrons. The minimum atomic E-state index is 0.446. The van der Waals surface area contributed by atoms with E-state index in [1.807, 2.05) is 0 Å². The lowest BCUT2D eigenvalue weighted by Crippen LogP contribution is -2.53. The molecule has 4 bridgehead atoms.